The largest absolute Gasteiger partial charge is 0.480 e. The van der Waals surface area contributed by atoms with Gasteiger partial charge in [0.05, 0.1) is 5.69 Å². The number of carbonyl (C=O) groups excluding carboxylic acids is 1. The highest BCUT2D eigenvalue weighted by Crippen LogP contribution is 2.17. The lowest BCUT2D eigenvalue weighted by molar-refractivity contribution is -0.139. The maximum absolute atomic E-state index is 14.4. The summed E-state index contributed by atoms with van der Waals surface area (Å²) < 4.78 is 15.9. The van der Waals surface area contributed by atoms with Crippen molar-refractivity contribution in [3.63, 3.8) is 0 Å². The number of amides is 1. The third kappa shape index (κ3) is 4.32. The van der Waals surface area contributed by atoms with E-state index in [4.69, 9.17) is 5.11 Å². The Kier molecular flexibility index (Phi) is 5.69. The van der Waals surface area contributed by atoms with Crippen LogP contribution in [0.25, 0.3) is 5.69 Å². The van der Waals surface area contributed by atoms with E-state index < -0.39 is 23.7 Å². The number of aromatic nitrogens is 2. The number of nitrogens with zero attached hydrogens (tertiary/aromatic N) is 2. The van der Waals surface area contributed by atoms with Gasteiger partial charge in [-0.05, 0) is 51.5 Å². The molecule has 0 fully saturated rings. The Morgan fingerprint density at radius 1 is 1.36 bits per heavy atom. The molecule has 0 radical (unpaired) electrons. The first-order valence-corrected chi connectivity index (χ1v) is 7.81. The van der Waals surface area contributed by atoms with Gasteiger partial charge in [-0.2, -0.15) is 5.10 Å². The van der Waals surface area contributed by atoms with Crippen molar-refractivity contribution >= 4 is 11.9 Å². The third-order valence-electron chi connectivity index (χ3n) is 3.66. The zero-order valence-electron chi connectivity index (χ0n) is 14.3. The van der Waals surface area contributed by atoms with Crippen LogP contribution in [-0.4, -0.2) is 32.8 Å². The first kappa shape index (κ1) is 18.4. The van der Waals surface area contributed by atoms with E-state index in [1.165, 1.54) is 16.8 Å². The monoisotopic (exact) mass is 345 g/mol. The Bertz CT molecular complexity index is 827. The van der Waals surface area contributed by atoms with Gasteiger partial charge in [-0.15, -0.1) is 0 Å². The highest BCUT2D eigenvalue weighted by atomic mass is 19.1. The van der Waals surface area contributed by atoms with Crippen LogP contribution in [0, 0.1) is 19.7 Å². The lowest BCUT2D eigenvalue weighted by atomic mass is 10.1. The Hall–Kier alpha value is -2.96. The van der Waals surface area contributed by atoms with Gasteiger partial charge >= 0.3 is 5.97 Å². The fourth-order valence-corrected chi connectivity index (χ4v) is 2.43. The zero-order chi connectivity index (χ0) is 18.6. The van der Waals surface area contributed by atoms with Crippen LogP contribution in [0.5, 0.6) is 0 Å². The Morgan fingerprint density at radius 3 is 2.60 bits per heavy atom. The van der Waals surface area contributed by atoms with E-state index in [-0.39, 0.29) is 17.7 Å². The standard InChI is InChI=1S/C18H20FN3O3/c1-4-5-6-15(18(24)25)20-17(23)13-7-8-16(14(19)10-13)22-12(3)9-11(2)21-22/h4-5,7-10,15H,6H2,1-3H3,(H,20,23)(H,24,25)/b5-4+. The molecule has 0 bridgehead atoms. The first-order valence-electron chi connectivity index (χ1n) is 7.81. The van der Waals surface area contributed by atoms with Crippen molar-refractivity contribution in [1.29, 1.82) is 0 Å². The van der Waals surface area contributed by atoms with Gasteiger partial charge in [0.2, 0.25) is 0 Å². The quantitative estimate of drug-likeness (QED) is 0.789. The molecule has 132 valence electrons. The molecule has 25 heavy (non-hydrogen) atoms. The Labute approximate surface area is 145 Å². The molecule has 7 heteroatoms. The summed E-state index contributed by atoms with van der Waals surface area (Å²) in [6.45, 7) is 5.37. The third-order valence-corrected chi connectivity index (χ3v) is 3.66. The minimum atomic E-state index is -1.15. The minimum Gasteiger partial charge on any atom is -0.480 e. The summed E-state index contributed by atoms with van der Waals surface area (Å²) in [6.07, 6.45) is 3.50. The molecule has 1 amide bonds. The van der Waals surface area contributed by atoms with E-state index in [1.807, 2.05) is 6.07 Å². The number of rotatable bonds is 6. The van der Waals surface area contributed by atoms with Crippen molar-refractivity contribution in [1.82, 2.24) is 15.1 Å². The van der Waals surface area contributed by atoms with E-state index >= 15 is 0 Å². The number of nitrogens with one attached hydrogen (secondary N) is 1. The smallest absolute Gasteiger partial charge is 0.326 e. The highest BCUT2D eigenvalue weighted by molar-refractivity contribution is 5.96. The van der Waals surface area contributed by atoms with Crippen LogP contribution in [0.4, 0.5) is 4.39 Å². The lowest BCUT2D eigenvalue weighted by Crippen LogP contribution is -2.40. The second-order valence-corrected chi connectivity index (χ2v) is 5.67. The number of aryl methyl sites for hydroxylation is 2. The van der Waals surface area contributed by atoms with Crippen LogP contribution in [-0.2, 0) is 4.79 Å². The van der Waals surface area contributed by atoms with Crippen LogP contribution < -0.4 is 5.32 Å². The summed E-state index contributed by atoms with van der Waals surface area (Å²) in [5, 5.41) is 15.7. The fraction of sp³-hybridized carbons (Fsp3) is 0.278. The number of benzene rings is 1. The van der Waals surface area contributed by atoms with Gasteiger partial charge in [-0.25, -0.2) is 13.9 Å². The number of carboxylic acid groups (broad SMARTS) is 1. The van der Waals surface area contributed by atoms with E-state index in [0.29, 0.717) is 0 Å². The number of aliphatic carboxylic acids is 1. The summed E-state index contributed by atoms with van der Waals surface area (Å²) >= 11 is 0. The SMILES string of the molecule is C/C=C/CC(NC(=O)c1ccc(-n2nc(C)cc2C)c(F)c1)C(=O)O. The van der Waals surface area contributed by atoms with Gasteiger partial charge in [-0.3, -0.25) is 4.79 Å². The molecule has 1 atom stereocenters. The summed E-state index contributed by atoms with van der Waals surface area (Å²) in [7, 11) is 0. The summed E-state index contributed by atoms with van der Waals surface area (Å²) in [4.78, 5) is 23.4. The molecule has 0 aliphatic heterocycles. The van der Waals surface area contributed by atoms with Gasteiger partial charge in [0.25, 0.3) is 5.91 Å². The number of hydrogen-bond donors (Lipinski definition) is 2. The van der Waals surface area contributed by atoms with Crippen molar-refractivity contribution < 1.29 is 19.1 Å². The zero-order valence-corrected chi connectivity index (χ0v) is 14.3. The molecule has 1 heterocycles. The number of halogens is 1. The number of carbonyl (C=O) groups is 2. The molecular formula is C18H20FN3O3. The molecule has 0 saturated heterocycles. The average molecular weight is 345 g/mol. The predicted molar refractivity (Wildman–Crippen MR) is 91.3 cm³/mol. The molecule has 0 aliphatic rings. The average Bonchev–Trinajstić information content (AvgIpc) is 2.89. The lowest BCUT2D eigenvalue weighted by Gasteiger charge is -2.13. The normalized spacial score (nSPS) is 12.3. The first-order chi connectivity index (χ1) is 11.8. The number of hydrogen-bond acceptors (Lipinski definition) is 3. The Morgan fingerprint density at radius 2 is 2.08 bits per heavy atom. The molecule has 0 aliphatic carbocycles. The van der Waals surface area contributed by atoms with Gasteiger partial charge in [0.1, 0.15) is 17.5 Å². The molecule has 2 rings (SSSR count). The van der Waals surface area contributed by atoms with E-state index in [2.05, 4.69) is 10.4 Å². The second-order valence-electron chi connectivity index (χ2n) is 5.67. The number of carboxylic acids is 1. The van der Waals surface area contributed by atoms with Crippen molar-refractivity contribution in [2.45, 2.75) is 33.2 Å². The van der Waals surface area contributed by atoms with Crippen molar-refractivity contribution in [2.24, 2.45) is 0 Å². The maximum atomic E-state index is 14.4. The van der Waals surface area contributed by atoms with Crippen molar-refractivity contribution in [2.75, 3.05) is 0 Å². The molecular weight excluding hydrogens is 325 g/mol. The van der Waals surface area contributed by atoms with Crippen molar-refractivity contribution in [3.8, 4) is 5.69 Å². The molecule has 0 spiro atoms. The summed E-state index contributed by atoms with van der Waals surface area (Å²) in [5.74, 6) is -2.40. The molecule has 1 aromatic carbocycles. The van der Waals surface area contributed by atoms with Gasteiger partial charge in [0, 0.05) is 11.3 Å². The van der Waals surface area contributed by atoms with E-state index in [9.17, 15) is 14.0 Å². The van der Waals surface area contributed by atoms with Crippen LogP contribution >= 0.6 is 0 Å². The van der Waals surface area contributed by atoms with Gasteiger partial charge in [0.15, 0.2) is 0 Å². The van der Waals surface area contributed by atoms with Crippen LogP contribution in [0.1, 0.15) is 35.1 Å². The molecule has 2 aromatic rings. The number of allylic oxidation sites excluding steroid dienone is 1. The van der Waals surface area contributed by atoms with Crippen LogP contribution in [0.2, 0.25) is 0 Å². The Balaban J connectivity index is 2.23. The van der Waals surface area contributed by atoms with Crippen molar-refractivity contribution in [3.05, 3.63) is 59.2 Å². The molecule has 1 unspecified atom stereocenters. The van der Waals surface area contributed by atoms with E-state index in [0.717, 1.165) is 17.5 Å². The molecule has 0 saturated carbocycles. The van der Waals surface area contributed by atoms with Gasteiger partial charge in [-0.1, -0.05) is 12.2 Å². The molecule has 1 aromatic heterocycles. The van der Waals surface area contributed by atoms with Gasteiger partial charge < -0.3 is 10.4 Å². The highest BCUT2D eigenvalue weighted by Gasteiger charge is 2.20. The predicted octanol–water partition coefficient (Wildman–Crippen LogP) is 2.78. The molecule has 6 nitrogen and oxygen atoms in total. The molecule has 2 N–H and O–H groups in total. The maximum Gasteiger partial charge on any atom is 0.326 e. The van der Waals surface area contributed by atoms with E-state index in [1.54, 1.807) is 32.9 Å². The van der Waals surface area contributed by atoms with Crippen LogP contribution in [0.15, 0.2) is 36.4 Å². The summed E-state index contributed by atoms with van der Waals surface area (Å²) in [6, 6.07) is 4.72. The van der Waals surface area contributed by atoms with Crippen LogP contribution in [0.3, 0.4) is 0 Å². The minimum absolute atomic E-state index is 0.0505. The second kappa shape index (κ2) is 7.74. The fourth-order valence-electron chi connectivity index (χ4n) is 2.43. The summed E-state index contributed by atoms with van der Waals surface area (Å²) in [5.41, 5.74) is 1.80. The topological polar surface area (TPSA) is 84.2 Å².